The molecule has 10 heteroatoms. The van der Waals surface area contributed by atoms with Gasteiger partial charge in [0.25, 0.3) is 5.69 Å². The maximum atomic E-state index is 12.2. The summed E-state index contributed by atoms with van der Waals surface area (Å²) in [6, 6.07) is 3.28. The fraction of sp³-hybridized carbons (Fsp3) is 0.364. The van der Waals surface area contributed by atoms with Crippen LogP contribution in [0.5, 0.6) is 0 Å². The predicted molar refractivity (Wildman–Crippen MR) is 88.4 cm³/mol. The second-order valence-corrected chi connectivity index (χ2v) is 8.65. The molecule has 21 heavy (non-hydrogen) atoms. The van der Waals surface area contributed by atoms with Gasteiger partial charge >= 0.3 is 0 Å². The average Bonchev–Trinajstić information content (AvgIpc) is 2.38. The fourth-order valence-corrected chi connectivity index (χ4v) is 5.47. The molecular formula is C11H13ClN2O4S3. The Kier molecular flexibility index (Phi) is 6.39. The molecule has 0 saturated carbocycles. The van der Waals surface area contributed by atoms with E-state index in [-0.39, 0.29) is 19.9 Å². The van der Waals surface area contributed by atoms with Gasteiger partial charge in [0, 0.05) is 29.9 Å². The van der Waals surface area contributed by atoms with Crippen molar-refractivity contribution in [3.63, 3.8) is 0 Å². The van der Waals surface area contributed by atoms with Gasteiger partial charge in [-0.05, 0) is 26.0 Å². The van der Waals surface area contributed by atoms with Crippen molar-refractivity contribution in [2.75, 3.05) is 13.1 Å². The third-order valence-electron chi connectivity index (χ3n) is 2.61. The number of halogens is 1. The molecule has 0 aromatic heterocycles. The standard InChI is InChI=1S/C11H13ClN2O4S3/c1-3-13(4-2)11(19)20-21(17,18)8-5-6-10(14(15)16)9(12)7-8/h5-7H,3-4H2,1-2H3. The molecule has 0 N–H and O–H groups in total. The molecule has 0 aliphatic heterocycles. The summed E-state index contributed by atoms with van der Waals surface area (Å²) in [5.41, 5.74) is -0.341. The van der Waals surface area contributed by atoms with Crippen molar-refractivity contribution in [3.05, 3.63) is 33.3 Å². The second-order valence-electron chi connectivity index (χ2n) is 3.85. The van der Waals surface area contributed by atoms with E-state index in [4.69, 9.17) is 23.8 Å². The average molecular weight is 369 g/mol. The highest BCUT2D eigenvalue weighted by atomic mass is 35.5. The highest BCUT2D eigenvalue weighted by Crippen LogP contribution is 2.32. The second kappa shape index (κ2) is 7.39. The minimum absolute atomic E-state index is 0.113. The van der Waals surface area contributed by atoms with Gasteiger partial charge in [0.15, 0.2) is 4.32 Å². The summed E-state index contributed by atoms with van der Waals surface area (Å²) >= 11 is 10.8. The van der Waals surface area contributed by atoms with Crippen molar-refractivity contribution in [3.8, 4) is 0 Å². The maximum Gasteiger partial charge on any atom is 0.287 e. The number of thiocarbonyl (C=S) groups is 1. The van der Waals surface area contributed by atoms with Crippen molar-refractivity contribution >= 4 is 53.5 Å². The summed E-state index contributed by atoms with van der Waals surface area (Å²) in [6.45, 7) is 4.93. The Morgan fingerprint density at radius 3 is 2.43 bits per heavy atom. The molecule has 0 aliphatic carbocycles. The van der Waals surface area contributed by atoms with Crippen molar-refractivity contribution in [1.29, 1.82) is 0 Å². The number of nitro groups is 1. The Morgan fingerprint density at radius 1 is 1.43 bits per heavy atom. The molecule has 6 nitrogen and oxygen atoms in total. The van der Waals surface area contributed by atoms with Crippen LogP contribution in [-0.2, 0) is 8.87 Å². The monoisotopic (exact) mass is 368 g/mol. The van der Waals surface area contributed by atoms with Gasteiger partial charge in [-0.1, -0.05) is 23.8 Å². The van der Waals surface area contributed by atoms with Crippen LogP contribution in [0.25, 0.3) is 0 Å². The normalized spacial score (nSPS) is 11.2. The quantitative estimate of drug-likeness (QED) is 0.341. The van der Waals surface area contributed by atoms with E-state index in [1.165, 1.54) is 0 Å². The Hall–Kier alpha value is -0.900. The fourth-order valence-electron chi connectivity index (χ4n) is 1.47. The van der Waals surface area contributed by atoms with Crippen LogP contribution in [0.2, 0.25) is 5.02 Å². The number of benzene rings is 1. The molecule has 1 aromatic rings. The molecule has 1 rings (SSSR count). The van der Waals surface area contributed by atoms with Crippen LogP contribution in [0.15, 0.2) is 23.1 Å². The van der Waals surface area contributed by atoms with Crippen LogP contribution >= 0.6 is 34.6 Å². The first-order chi connectivity index (χ1) is 9.72. The van der Waals surface area contributed by atoms with Gasteiger partial charge in [0.1, 0.15) is 5.02 Å². The van der Waals surface area contributed by atoms with Gasteiger partial charge in [-0.2, -0.15) is 0 Å². The molecule has 1 aromatic carbocycles. The largest absolute Gasteiger partial charge is 0.357 e. The highest BCUT2D eigenvalue weighted by Gasteiger charge is 2.23. The molecule has 0 bridgehead atoms. The molecule has 0 radical (unpaired) electrons. The van der Waals surface area contributed by atoms with Crippen molar-refractivity contribution in [2.24, 2.45) is 0 Å². The molecule has 0 heterocycles. The van der Waals surface area contributed by atoms with Gasteiger partial charge in [0.2, 0.25) is 8.87 Å². The minimum atomic E-state index is -3.76. The lowest BCUT2D eigenvalue weighted by Gasteiger charge is -2.20. The van der Waals surface area contributed by atoms with E-state index in [2.05, 4.69) is 0 Å². The third kappa shape index (κ3) is 4.53. The first-order valence-corrected chi connectivity index (χ1v) is 9.50. The first kappa shape index (κ1) is 18.1. The summed E-state index contributed by atoms with van der Waals surface area (Å²) in [6.07, 6.45) is 0. The number of hydrogen-bond acceptors (Lipinski definition) is 6. The van der Waals surface area contributed by atoms with Gasteiger partial charge in [-0.15, -0.1) is 0 Å². The van der Waals surface area contributed by atoms with Gasteiger partial charge in [-0.25, -0.2) is 8.42 Å². The number of nitrogens with zero attached hydrogens (tertiary/aromatic N) is 2. The Bertz CT molecular complexity index is 659. The molecule has 0 spiro atoms. The SMILES string of the molecule is CCN(CC)C(=S)SS(=O)(=O)c1ccc([N+](=O)[O-])c(Cl)c1. The van der Waals surface area contributed by atoms with Crippen molar-refractivity contribution in [2.45, 2.75) is 18.7 Å². The Labute approximate surface area is 136 Å². The smallest absolute Gasteiger partial charge is 0.287 e. The first-order valence-electron chi connectivity index (χ1n) is 5.90. The van der Waals surface area contributed by atoms with E-state index in [0.717, 1.165) is 18.2 Å². The summed E-state index contributed by atoms with van der Waals surface area (Å²) in [4.78, 5) is 11.6. The molecule has 0 saturated heterocycles. The number of nitro benzene ring substituents is 1. The molecule has 0 aliphatic rings. The van der Waals surface area contributed by atoms with Gasteiger partial charge in [-0.3, -0.25) is 10.1 Å². The third-order valence-corrected chi connectivity index (χ3v) is 6.90. The number of hydrogen-bond donors (Lipinski definition) is 0. The van der Waals surface area contributed by atoms with Crippen LogP contribution in [0.1, 0.15) is 13.8 Å². The molecule has 0 fully saturated rings. The Morgan fingerprint density at radius 2 is 2.00 bits per heavy atom. The summed E-state index contributed by atoms with van der Waals surface area (Å²) < 4.78 is 24.7. The predicted octanol–water partition coefficient (Wildman–Crippen LogP) is 3.30. The highest BCUT2D eigenvalue weighted by molar-refractivity contribution is 8.79. The lowest BCUT2D eigenvalue weighted by molar-refractivity contribution is -0.384. The zero-order valence-electron chi connectivity index (χ0n) is 11.3. The lowest BCUT2D eigenvalue weighted by atomic mass is 10.3. The summed E-state index contributed by atoms with van der Waals surface area (Å²) in [7, 11) is -3.23. The van der Waals surface area contributed by atoms with Gasteiger partial charge in [0.05, 0.1) is 9.82 Å². The Balaban J connectivity index is 3.06. The van der Waals surface area contributed by atoms with Crippen molar-refractivity contribution < 1.29 is 13.3 Å². The molecular weight excluding hydrogens is 356 g/mol. The molecule has 0 atom stereocenters. The van der Waals surface area contributed by atoms with Crippen LogP contribution in [0.4, 0.5) is 5.69 Å². The summed E-state index contributed by atoms with van der Waals surface area (Å²) in [5, 5.41) is 10.4. The van der Waals surface area contributed by atoms with Crippen LogP contribution in [-0.4, -0.2) is 35.7 Å². The van der Waals surface area contributed by atoms with Crippen molar-refractivity contribution in [1.82, 2.24) is 4.90 Å². The molecule has 0 unspecified atom stereocenters. The topological polar surface area (TPSA) is 80.5 Å². The minimum Gasteiger partial charge on any atom is -0.357 e. The van der Waals surface area contributed by atoms with E-state index in [9.17, 15) is 18.5 Å². The number of rotatable bonds is 5. The summed E-state index contributed by atoms with van der Waals surface area (Å²) in [5.74, 6) is 0. The van der Waals surface area contributed by atoms with Crippen LogP contribution in [0, 0.1) is 10.1 Å². The van der Waals surface area contributed by atoms with E-state index in [1.807, 2.05) is 13.8 Å². The van der Waals surface area contributed by atoms with Crippen LogP contribution < -0.4 is 0 Å². The van der Waals surface area contributed by atoms with E-state index in [1.54, 1.807) is 4.90 Å². The van der Waals surface area contributed by atoms with E-state index < -0.39 is 13.8 Å². The van der Waals surface area contributed by atoms with Gasteiger partial charge < -0.3 is 4.90 Å². The molecule has 116 valence electrons. The maximum absolute atomic E-state index is 12.2. The van der Waals surface area contributed by atoms with E-state index >= 15 is 0 Å². The molecule has 0 amide bonds. The lowest BCUT2D eigenvalue weighted by Crippen LogP contribution is -2.27. The zero-order valence-corrected chi connectivity index (χ0v) is 14.5. The van der Waals surface area contributed by atoms with E-state index in [0.29, 0.717) is 23.9 Å². The van der Waals surface area contributed by atoms with Crippen LogP contribution in [0.3, 0.4) is 0 Å². The zero-order chi connectivity index (χ0) is 16.2.